The van der Waals surface area contributed by atoms with Gasteiger partial charge in [0, 0.05) is 25.3 Å². The number of rotatable bonds is 3. The van der Waals surface area contributed by atoms with E-state index in [1.165, 1.54) is 0 Å². The molecule has 0 aromatic carbocycles. The molecule has 0 radical (unpaired) electrons. The van der Waals surface area contributed by atoms with Gasteiger partial charge in [0.15, 0.2) is 6.29 Å². The summed E-state index contributed by atoms with van der Waals surface area (Å²) in [5.41, 5.74) is 0.638. The number of hydrogen-bond donors (Lipinski definition) is 0. The molecule has 1 saturated heterocycles. The number of hydrogen-bond acceptors (Lipinski definition) is 3. The molecule has 13 heavy (non-hydrogen) atoms. The van der Waals surface area contributed by atoms with Crippen molar-refractivity contribution in [2.24, 2.45) is 5.92 Å². The van der Waals surface area contributed by atoms with Gasteiger partial charge < -0.3 is 4.74 Å². The third-order valence-corrected chi connectivity index (χ3v) is 2.26. The van der Waals surface area contributed by atoms with E-state index >= 15 is 0 Å². The molecule has 4 heteroatoms. The quantitative estimate of drug-likeness (QED) is 0.644. The summed E-state index contributed by atoms with van der Waals surface area (Å²) < 4.78 is 7.06. The van der Waals surface area contributed by atoms with Crippen molar-refractivity contribution < 1.29 is 9.53 Å². The Morgan fingerprint density at radius 3 is 3.31 bits per heavy atom. The summed E-state index contributed by atoms with van der Waals surface area (Å²) >= 11 is 0. The summed E-state index contributed by atoms with van der Waals surface area (Å²) in [6.07, 6.45) is 5.26. The van der Waals surface area contributed by atoms with Gasteiger partial charge in [0.25, 0.3) is 0 Å². The fourth-order valence-electron chi connectivity index (χ4n) is 1.53. The molecule has 0 N–H and O–H groups in total. The molecule has 4 nitrogen and oxygen atoms in total. The molecule has 1 aromatic heterocycles. The molecule has 1 fully saturated rings. The average Bonchev–Trinajstić information content (AvgIpc) is 2.76. The molecule has 0 amide bonds. The molecule has 0 bridgehead atoms. The second kappa shape index (κ2) is 3.70. The lowest BCUT2D eigenvalue weighted by molar-refractivity contribution is 0.112. The van der Waals surface area contributed by atoms with Crippen LogP contribution in [0.2, 0.25) is 0 Å². The number of aromatic nitrogens is 2. The van der Waals surface area contributed by atoms with E-state index in [1.807, 2.05) is 4.68 Å². The van der Waals surface area contributed by atoms with Crippen LogP contribution in [0.3, 0.4) is 0 Å². The lowest BCUT2D eigenvalue weighted by Crippen LogP contribution is -2.10. The molecule has 1 aromatic rings. The lowest BCUT2D eigenvalue weighted by atomic mass is 10.1. The second-order valence-corrected chi connectivity index (χ2v) is 3.34. The zero-order chi connectivity index (χ0) is 9.10. The van der Waals surface area contributed by atoms with Gasteiger partial charge in [-0.2, -0.15) is 5.10 Å². The van der Waals surface area contributed by atoms with Gasteiger partial charge in [0.1, 0.15) is 0 Å². The summed E-state index contributed by atoms with van der Waals surface area (Å²) in [5.74, 6) is 0.555. The minimum Gasteiger partial charge on any atom is -0.381 e. The van der Waals surface area contributed by atoms with Gasteiger partial charge in [0.05, 0.1) is 18.4 Å². The molecule has 2 rings (SSSR count). The minimum absolute atomic E-state index is 0.555. The van der Waals surface area contributed by atoms with Crippen LogP contribution in [0.4, 0.5) is 0 Å². The number of carbonyl (C=O) groups excluding carboxylic acids is 1. The molecule has 1 atom stereocenters. The fourth-order valence-corrected chi connectivity index (χ4v) is 1.53. The van der Waals surface area contributed by atoms with Crippen molar-refractivity contribution >= 4 is 6.29 Å². The van der Waals surface area contributed by atoms with E-state index in [0.717, 1.165) is 32.5 Å². The topological polar surface area (TPSA) is 44.1 Å². The minimum atomic E-state index is 0.555. The molecule has 0 spiro atoms. The first-order valence-corrected chi connectivity index (χ1v) is 4.44. The van der Waals surface area contributed by atoms with Gasteiger partial charge in [-0.1, -0.05) is 0 Å². The summed E-state index contributed by atoms with van der Waals surface area (Å²) in [5, 5.41) is 4.08. The van der Waals surface area contributed by atoms with E-state index in [-0.39, 0.29) is 0 Å². The fraction of sp³-hybridized carbons (Fsp3) is 0.556. The monoisotopic (exact) mass is 180 g/mol. The Balaban J connectivity index is 1.96. The van der Waals surface area contributed by atoms with E-state index in [9.17, 15) is 4.79 Å². The first-order chi connectivity index (χ1) is 6.38. The van der Waals surface area contributed by atoms with E-state index in [4.69, 9.17) is 4.74 Å². The van der Waals surface area contributed by atoms with Crippen molar-refractivity contribution in [1.82, 2.24) is 9.78 Å². The Morgan fingerprint density at radius 1 is 1.77 bits per heavy atom. The van der Waals surface area contributed by atoms with Crippen LogP contribution in [-0.4, -0.2) is 29.3 Å². The van der Waals surface area contributed by atoms with Crippen LogP contribution in [0.15, 0.2) is 12.4 Å². The second-order valence-electron chi connectivity index (χ2n) is 3.34. The van der Waals surface area contributed by atoms with Crippen molar-refractivity contribution in [2.75, 3.05) is 13.2 Å². The molecular formula is C9H12N2O2. The SMILES string of the molecule is O=Cc1cnn(CC2CCOC2)c1. The molecular weight excluding hydrogens is 168 g/mol. The summed E-state index contributed by atoms with van der Waals surface area (Å²) in [7, 11) is 0. The van der Waals surface area contributed by atoms with Crippen LogP contribution in [0.25, 0.3) is 0 Å². The third kappa shape index (κ3) is 1.95. The van der Waals surface area contributed by atoms with Crippen molar-refractivity contribution in [1.29, 1.82) is 0 Å². The number of carbonyl (C=O) groups is 1. The Bertz CT molecular complexity index is 290. The summed E-state index contributed by atoms with van der Waals surface area (Å²) in [4.78, 5) is 10.4. The molecule has 0 aliphatic carbocycles. The van der Waals surface area contributed by atoms with Crippen LogP contribution in [0.1, 0.15) is 16.8 Å². The average molecular weight is 180 g/mol. The van der Waals surface area contributed by atoms with E-state index < -0.39 is 0 Å². The Hall–Kier alpha value is -1.16. The molecule has 0 saturated carbocycles. The maximum Gasteiger partial charge on any atom is 0.153 e. The first kappa shape index (κ1) is 8.44. The van der Waals surface area contributed by atoms with Gasteiger partial charge in [-0.3, -0.25) is 9.48 Å². The highest BCUT2D eigenvalue weighted by Crippen LogP contribution is 2.14. The Kier molecular flexibility index (Phi) is 2.40. The largest absolute Gasteiger partial charge is 0.381 e. The predicted octanol–water partition coefficient (Wildman–Crippen LogP) is 0.732. The normalized spacial score (nSPS) is 22.0. The molecule has 2 heterocycles. The highest BCUT2D eigenvalue weighted by molar-refractivity contribution is 5.73. The van der Waals surface area contributed by atoms with Crippen LogP contribution in [0.5, 0.6) is 0 Å². The number of aldehydes is 1. The molecule has 70 valence electrons. The van der Waals surface area contributed by atoms with Gasteiger partial charge in [-0.15, -0.1) is 0 Å². The van der Waals surface area contributed by atoms with E-state index in [1.54, 1.807) is 12.4 Å². The van der Waals surface area contributed by atoms with E-state index in [0.29, 0.717) is 11.5 Å². The van der Waals surface area contributed by atoms with Gasteiger partial charge in [0.2, 0.25) is 0 Å². The summed E-state index contributed by atoms with van der Waals surface area (Å²) in [6.45, 7) is 2.52. The standard InChI is InChI=1S/C9H12N2O2/c12-6-9-3-10-11(5-9)4-8-1-2-13-7-8/h3,5-6,8H,1-2,4,7H2. The highest BCUT2D eigenvalue weighted by atomic mass is 16.5. The van der Waals surface area contributed by atoms with Crippen molar-refractivity contribution in [3.8, 4) is 0 Å². The lowest BCUT2D eigenvalue weighted by Gasteiger charge is -2.06. The smallest absolute Gasteiger partial charge is 0.153 e. The molecule has 1 unspecified atom stereocenters. The Morgan fingerprint density at radius 2 is 2.69 bits per heavy atom. The maximum atomic E-state index is 10.4. The van der Waals surface area contributed by atoms with Crippen molar-refractivity contribution in [2.45, 2.75) is 13.0 Å². The van der Waals surface area contributed by atoms with Gasteiger partial charge in [-0.25, -0.2) is 0 Å². The van der Waals surface area contributed by atoms with Gasteiger partial charge >= 0.3 is 0 Å². The van der Waals surface area contributed by atoms with Crippen LogP contribution >= 0.6 is 0 Å². The van der Waals surface area contributed by atoms with Crippen LogP contribution < -0.4 is 0 Å². The molecule has 1 aliphatic heterocycles. The predicted molar refractivity (Wildman–Crippen MR) is 46.5 cm³/mol. The summed E-state index contributed by atoms with van der Waals surface area (Å²) in [6, 6.07) is 0. The van der Waals surface area contributed by atoms with Gasteiger partial charge in [-0.05, 0) is 6.42 Å². The first-order valence-electron chi connectivity index (χ1n) is 4.44. The Labute approximate surface area is 76.5 Å². The zero-order valence-electron chi connectivity index (χ0n) is 7.35. The maximum absolute atomic E-state index is 10.4. The third-order valence-electron chi connectivity index (χ3n) is 2.26. The number of ether oxygens (including phenoxy) is 1. The number of nitrogens with zero attached hydrogens (tertiary/aromatic N) is 2. The van der Waals surface area contributed by atoms with E-state index in [2.05, 4.69) is 5.10 Å². The highest BCUT2D eigenvalue weighted by Gasteiger charge is 2.16. The van der Waals surface area contributed by atoms with Crippen LogP contribution in [0, 0.1) is 5.92 Å². The van der Waals surface area contributed by atoms with Crippen molar-refractivity contribution in [3.05, 3.63) is 18.0 Å². The zero-order valence-corrected chi connectivity index (χ0v) is 7.35. The molecule has 1 aliphatic rings. The van der Waals surface area contributed by atoms with Crippen molar-refractivity contribution in [3.63, 3.8) is 0 Å². The van der Waals surface area contributed by atoms with Crippen LogP contribution in [-0.2, 0) is 11.3 Å².